The van der Waals surface area contributed by atoms with Crippen molar-refractivity contribution in [3.8, 4) is 6.07 Å². The van der Waals surface area contributed by atoms with Crippen LogP contribution in [0.3, 0.4) is 0 Å². The highest BCUT2D eigenvalue weighted by atomic mass is 16.2. The molecule has 1 amide bonds. The maximum atomic E-state index is 11.9. The largest absolute Gasteiger partial charge is 0.351 e. The predicted octanol–water partition coefficient (Wildman–Crippen LogP) is 1.61. The molecule has 144 valence electrons. The number of rotatable bonds is 4. The molecule has 9 heteroatoms. The van der Waals surface area contributed by atoms with Gasteiger partial charge in [-0.2, -0.15) is 5.26 Å². The molecular formula is C19H22N8O. The number of amides is 1. The van der Waals surface area contributed by atoms with E-state index in [9.17, 15) is 4.79 Å². The van der Waals surface area contributed by atoms with Gasteiger partial charge in [0, 0.05) is 25.0 Å². The molecule has 0 saturated heterocycles. The molecule has 1 N–H and O–H groups in total. The van der Waals surface area contributed by atoms with Gasteiger partial charge in [0.05, 0.1) is 24.5 Å². The number of anilines is 1. The lowest BCUT2D eigenvalue weighted by Gasteiger charge is -2.31. The molecule has 2 atom stereocenters. The lowest BCUT2D eigenvalue weighted by molar-refractivity contribution is -0.127. The second-order valence-corrected chi connectivity index (χ2v) is 7.20. The first kappa shape index (κ1) is 18.1. The molecule has 2 aromatic heterocycles. The topological polar surface area (TPSA) is 113 Å². The standard InChI is InChI=1S/C19H22N8O/c1-2-17(28)26-6-7-27-16(12-26)24-25-18(27)14-4-3-5-15(8-14)23-19-21-10-13(9-20)11-22-19/h2,10-11,14-15H,1,3-8,12H2,(H,21,22,23)/t14-,15+/m0/s1. The molecule has 0 unspecified atom stereocenters. The number of hydrogen-bond donors (Lipinski definition) is 1. The first-order valence-corrected chi connectivity index (χ1v) is 9.50. The van der Waals surface area contributed by atoms with E-state index in [1.807, 2.05) is 6.07 Å². The molecule has 28 heavy (non-hydrogen) atoms. The summed E-state index contributed by atoms with van der Waals surface area (Å²) in [6.07, 6.45) is 8.53. The van der Waals surface area contributed by atoms with E-state index in [2.05, 4.69) is 36.6 Å². The molecule has 1 saturated carbocycles. The Labute approximate surface area is 163 Å². The summed E-state index contributed by atoms with van der Waals surface area (Å²) in [6.45, 7) is 5.40. The van der Waals surface area contributed by atoms with E-state index in [-0.39, 0.29) is 11.9 Å². The van der Waals surface area contributed by atoms with Crippen molar-refractivity contribution in [2.75, 3.05) is 11.9 Å². The maximum absolute atomic E-state index is 11.9. The van der Waals surface area contributed by atoms with Gasteiger partial charge in [-0.25, -0.2) is 9.97 Å². The van der Waals surface area contributed by atoms with Crippen LogP contribution in [0, 0.1) is 11.3 Å². The predicted molar refractivity (Wildman–Crippen MR) is 101 cm³/mol. The number of nitriles is 1. The fourth-order valence-electron chi connectivity index (χ4n) is 4.00. The number of carbonyl (C=O) groups is 1. The monoisotopic (exact) mass is 378 g/mol. The van der Waals surface area contributed by atoms with Crippen LogP contribution in [0.4, 0.5) is 5.95 Å². The highest BCUT2D eigenvalue weighted by Gasteiger charge is 2.30. The van der Waals surface area contributed by atoms with Crippen LogP contribution >= 0.6 is 0 Å². The number of nitrogens with zero attached hydrogens (tertiary/aromatic N) is 7. The van der Waals surface area contributed by atoms with Crippen molar-refractivity contribution < 1.29 is 4.79 Å². The van der Waals surface area contributed by atoms with Crippen LogP contribution in [0.5, 0.6) is 0 Å². The van der Waals surface area contributed by atoms with Gasteiger partial charge in [0.25, 0.3) is 0 Å². The molecule has 1 aliphatic heterocycles. The first-order chi connectivity index (χ1) is 13.7. The van der Waals surface area contributed by atoms with Crippen molar-refractivity contribution in [3.63, 3.8) is 0 Å². The van der Waals surface area contributed by atoms with E-state index in [1.54, 1.807) is 4.90 Å². The zero-order valence-electron chi connectivity index (χ0n) is 15.6. The van der Waals surface area contributed by atoms with Crippen LogP contribution in [0.2, 0.25) is 0 Å². The number of hydrogen-bond acceptors (Lipinski definition) is 7. The van der Waals surface area contributed by atoms with Crippen LogP contribution in [-0.4, -0.2) is 48.1 Å². The first-order valence-electron chi connectivity index (χ1n) is 9.50. The van der Waals surface area contributed by atoms with Crippen LogP contribution in [0.15, 0.2) is 25.0 Å². The van der Waals surface area contributed by atoms with E-state index in [4.69, 9.17) is 5.26 Å². The molecule has 2 aliphatic rings. The van der Waals surface area contributed by atoms with Crippen molar-refractivity contribution in [1.82, 2.24) is 29.6 Å². The highest BCUT2D eigenvalue weighted by Crippen LogP contribution is 2.34. The molecule has 4 rings (SSSR count). The van der Waals surface area contributed by atoms with Crippen LogP contribution < -0.4 is 5.32 Å². The summed E-state index contributed by atoms with van der Waals surface area (Å²) in [4.78, 5) is 22.0. The number of carbonyl (C=O) groups excluding carboxylic acids is 1. The van der Waals surface area contributed by atoms with E-state index in [1.165, 1.54) is 18.5 Å². The van der Waals surface area contributed by atoms with Gasteiger partial charge in [0.15, 0.2) is 5.82 Å². The molecule has 0 radical (unpaired) electrons. The van der Waals surface area contributed by atoms with Crippen molar-refractivity contribution in [1.29, 1.82) is 5.26 Å². The summed E-state index contributed by atoms with van der Waals surface area (Å²) in [5.74, 6) is 2.63. The average Bonchev–Trinajstić information content (AvgIpc) is 3.17. The lowest BCUT2D eigenvalue weighted by Crippen LogP contribution is -2.38. The normalized spacial score (nSPS) is 21.5. The molecule has 3 heterocycles. The Morgan fingerprint density at radius 2 is 2.11 bits per heavy atom. The van der Waals surface area contributed by atoms with Crippen LogP contribution in [0.1, 0.15) is 48.8 Å². The summed E-state index contributed by atoms with van der Waals surface area (Å²) in [7, 11) is 0. The minimum Gasteiger partial charge on any atom is -0.351 e. The molecule has 1 aliphatic carbocycles. The van der Waals surface area contributed by atoms with E-state index in [0.717, 1.165) is 37.3 Å². The molecule has 0 aromatic carbocycles. The zero-order valence-corrected chi connectivity index (χ0v) is 15.6. The van der Waals surface area contributed by atoms with E-state index < -0.39 is 0 Å². The molecule has 2 aromatic rings. The fraction of sp³-hybridized carbons (Fsp3) is 0.474. The Morgan fingerprint density at radius 3 is 2.86 bits per heavy atom. The van der Waals surface area contributed by atoms with Crippen molar-refractivity contribution in [3.05, 3.63) is 42.3 Å². The minimum atomic E-state index is -0.0693. The zero-order chi connectivity index (χ0) is 19.5. The Hall–Kier alpha value is -3.28. The maximum Gasteiger partial charge on any atom is 0.246 e. The van der Waals surface area contributed by atoms with Crippen LogP contribution in [0.25, 0.3) is 0 Å². The Kier molecular flexibility index (Phi) is 5.02. The van der Waals surface area contributed by atoms with Gasteiger partial charge in [-0.3, -0.25) is 4.79 Å². The summed E-state index contributed by atoms with van der Waals surface area (Å²) < 4.78 is 2.16. The van der Waals surface area contributed by atoms with Gasteiger partial charge in [-0.15, -0.1) is 10.2 Å². The number of nitrogens with one attached hydrogen (secondary N) is 1. The van der Waals surface area contributed by atoms with E-state index in [0.29, 0.717) is 37.1 Å². The van der Waals surface area contributed by atoms with Crippen molar-refractivity contribution in [2.45, 2.75) is 50.7 Å². The summed E-state index contributed by atoms with van der Waals surface area (Å²) in [6, 6.07) is 2.28. The lowest BCUT2D eigenvalue weighted by atomic mass is 9.85. The third-order valence-corrected chi connectivity index (χ3v) is 5.42. The van der Waals surface area contributed by atoms with Gasteiger partial charge in [0.2, 0.25) is 11.9 Å². The molecular weight excluding hydrogens is 356 g/mol. The summed E-state index contributed by atoms with van der Waals surface area (Å²) in [5.41, 5.74) is 0.450. The van der Waals surface area contributed by atoms with Crippen LogP contribution in [-0.2, 0) is 17.9 Å². The summed E-state index contributed by atoms with van der Waals surface area (Å²) in [5, 5.41) is 21.0. The SMILES string of the molecule is C=CC(=O)N1CCn2c(nnc2[C@H]2CCC[C@@H](Nc3ncc(C#N)cn3)C2)C1. The molecule has 9 nitrogen and oxygen atoms in total. The van der Waals surface area contributed by atoms with Gasteiger partial charge in [-0.05, 0) is 25.3 Å². The fourth-order valence-corrected chi connectivity index (χ4v) is 4.00. The quantitative estimate of drug-likeness (QED) is 0.804. The Bertz CT molecular complexity index is 913. The molecule has 0 bridgehead atoms. The van der Waals surface area contributed by atoms with Crippen molar-refractivity contribution >= 4 is 11.9 Å². The van der Waals surface area contributed by atoms with Crippen molar-refractivity contribution in [2.24, 2.45) is 0 Å². The third-order valence-electron chi connectivity index (χ3n) is 5.42. The van der Waals surface area contributed by atoms with E-state index >= 15 is 0 Å². The minimum absolute atomic E-state index is 0.0693. The third kappa shape index (κ3) is 3.58. The Morgan fingerprint density at radius 1 is 1.29 bits per heavy atom. The smallest absolute Gasteiger partial charge is 0.246 e. The average molecular weight is 378 g/mol. The Balaban J connectivity index is 1.44. The molecule has 1 fully saturated rings. The second-order valence-electron chi connectivity index (χ2n) is 7.20. The molecule has 0 spiro atoms. The number of aromatic nitrogens is 5. The second kappa shape index (κ2) is 7.76. The highest BCUT2D eigenvalue weighted by molar-refractivity contribution is 5.86. The van der Waals surface area contributed by atoms with Gasteiger partial charge in [0.1, 0.15) is 11.9 Å². The van der Waals surface area contributed by atoms with Gasteiger partial charge >= 0.3 is 0 Å². The number of fused-ring (bicyclic) bond motifs is 1. The summed E-state index contributed by atoms with van der Waals surface area (Å²) >= 11 is 0. The van der Waals surface area contributed by atoms with Gasteiger partial charge in [-0.1, -0.05) is 13.0 Å². The van der Waals surface area contributed by atoms with Gasteiger partial charge < -0.3 is 14.8 Å².